The molecule has 0 heterocycles. The van der Waals surface area contributed by atoms with Crippen LogP contribution in [0.4, 0.5) is 0 Å². The second kappa shape index (κ2) is 9.34. The van der Waals surface area contributed by atoms with Crippen LogP contribution in [0.3, 0.4) is 0 Å². The highest BCUT2D eigenvalue weighted by molar-refractivity contribution is 7.88. The molecule has 1 atom stereocenters. The van der Waals surface area contributed by atoms with Crippen molar-refractivity contribution >= 4 is 22.4 Å². The maximum Gasteiger partial charge on any atom is 0.216 e. The van der Waals surface area contributed by atoms with E-state index in [0.29, 0.717) is 6.54 Å². The molecule has 6 heteroatoms. The van der Waals surface area contributed by atoms with Crippen LogP contribution in [0.1, 0.15) is 37.3 Å². The molecule has 0 aliphatic heterocycles. The van der Waals surface area contributed by atoms with Gasteiger partial charge in [-0.1, -0.05) is 49.6 Å². The van der Waals surface area contributed by atoms with E-state index in [2.05, 4.69) is 11.6 Å². The Hall–Kier alpha value is -0.620. The van der Waals surface area contributed by atoms with Crippen LogP contribution in [-0.4, -0.2) is 21.0 Å². The Morgan fingerprint density at radius 2 is 2.05 bits per heavy atom. The molecule has 0 spiro atoms. The number of nitrogens with one attached hydrogen (secondary N) is 1. The van der Waals surface area contributed by atoms with E-state index >= 15 is 0 Å². The normalized spacial score (nSPS) is 12.8. The van der Waals surface area contributed by atoms with Gasteiger partial charge in [0.2, 0.25) is 10.0 Å². The molecule has 0 radical (unpaired) electrons. The van der Waals surface area contributed by atoms with Crippen molar-refractivity contribution in [3.63, 3.8) is 0 Å². The molecule has 3 N–H and O–H groups in total. The summed E-state index contributed by atoms with van der Waals surface area (Å²) in [5.74, 6) is 0.0112. The molecule has 0 aliphatic carbocycles. The molecule has 1 aromatic carbocycles. The van der Waals surface area contributed by atoms with Gasteiger partial charge in [0.05, 0.1) is 5.75 Å². The average Bonchev–Trinajstić information content (AvgIpc) is 2.33. The minimum absolute atomic E-state index is 0. The van der Waals surface area contributed by atoms with Crippen molar-refractivity contribution in [2.45, 2.75) is 44.9 Å². The molecule has 1 unspecified atom stereocenters. The van der Waals surface area contributed by atoms with E-state index in [1.165, 1.54) is 0 Å². The summed E-state index contributed by atoms with van der Waals surface area (Å²) in [6.07, 6.45) is 2.81. The standard InChI is InChI=1S/C14H24N2O2S.ClH/c1-3-4-8-14(10-15)16-19(17,18)11-13-7-5-6-12(2)9-13;/h5-7,9,14,16H,3-4,8,10-11,15H2,1-2H3;1H. The molecule has 0 aromatic heterocycles. The van der Waals surface area contributed by atoms with E-state index in [0.717, 1.165) is 30.4 Å². The van der Waals surface area contributed by atoms with E-state index in [1.54, 1.807) is 0 Å². The minimum Gasteiger partial charge on any atom is -0.329 e. The summed E-state index contributed by atoms with van der Waals surface area (Å²) in [7, 11) is -3.32. The van der Waals surface area contributed by atoms with Gasteiger partial charge in [-0.3, -0.25) is 0 Å². The van der Waals surface area contributed by atoms with Crippen molar-refractivity contribution in [1.29, 1.82) is 0 Å². The van der Waals surface area contributed by atoms with Crippen LogP contribution in [0, 0.1) is 6.92 Å². The smallest absolute Gasteiger partial charge is 0.216 e. The topological polar surface area (TPSA) is 72.2 Å². The zero-order chi connectivity index (χ0) is 14.3. The van der Waals surface area contributed by atoms with Crippen LogP contribution in [0.15, 0.2) is 24.3 Å². The Morgan fingerprint density at radius 1 is 1.35 bits per heavy atom. The molecule has 0 bridgehead atoms. The van der Waals surface area contributed by atoms with E-state index in [4.69, 9.17) is 5.73 Å². The molecule has 1 rings (SSSR count). The van der Waals surface area contributed by atoms with Crippen LogP contribution >= 0.6 is 12.4 Å². The SMILES string of the molecule is CCCCC(CN)NS(=O)(=O)Cc1cccc(C)c1.Cl. The van der Waals surface area contributed by atoms with Gasteiger partial charge in [-0.2, -0.15) is 0 Å². The number of hydrogen-bond acceptors (Lipinski definition) is 3. The van der Waals surface area contributed by atoms with Gasteiger partial charge in [0.15, 0.2) is 0 Å². The number of hydrogen-bond donors (Lipinski definition) is 2. The third-order valence-corrected chi connectivity index (χ3v) is 4.38. The minimum atomic E-state index is -3.32. The Labute approximate surface area is 128 Å². The van der Waals surface area contributed by atoms with E-state index < -0.39 is 10.0 Å². The molecule has 116 valence electrons. The van der Waals surface area contributed by atoms with E-state index in [-0.39, 0.29) is 24.2 Å². The fraction of sp³-hybridized carbons (Fsp3) is 0.571. The lowest BCUT2D eigenvalue weighted by molar-refractivity contribution is 0.516. The van der Waals surface area contributed by atoms with Crippen LogP contribution < -0.4 is 10.5 Å². The van der Waals surface area contributed by atoms with Gasteiger partial charge in [-0.15, -0.1) is 12.4 Å². The molecule has 20 heavy (non-hydrogen) atoms. The first-order chi connectivity index (χ1) is 8.96. The molecule has 1 aromatic rings. The number of sulfonamides is 1. The van der Waals surface area contributed by atoms with E-state index in [9.17, 15) is 8.42 Å². The van der Waals surface area contributed by atoms with Crippen molar-refractivity contribution in [3.8, 4) is 0 Å². The summed E-state index contributed by atoms with van der Waals surface area (Å²) < 4.78 is 26.8. The molecule has 0 aliphatic rings. The molecular formula is C14H25ClN2O2S. The highest BCUT2D eigenvalue weighted by atomic mass is 35.5. The lowest BCUT2D eigenvalue weighted by atomic mass is 10.1. The van der Waals surface area contributed by atoms with Gasteiger partial charge in [0.25, 0.3) is 0 Å². The van der Waals surface area contributed by atoms with E-state index in [1.807, 2.05) is 31.2 Å². The third-order valence-electron chi connectivity index (χ3n) is 2.98. The molecule has 0 saturated carbocycles. The quantitative estimate of drug-likeness (QED) is 0.772. The molecule has 0 amide bonds. The Bertz CT molecular complexity index is 492. The lowest BCUT2D eigenvalue weighted by Crippen LogP contribution is -2.40. The first-order valence-corrected chi connectivity index (χ1v) is 8.37. The highest BCUT2D eigenvalue weighted by Crippen LogP contribution is 2.09. The number of benzene rings is 1. The predicted octanol–water partition coefficient (Wildman–Crippen LogP) is 2.35. The summed E-state index contributed by atoms with van der Waals surface area (Å²) >= 11 is 0. The van der Waals surface area contributed by atoms with Crippen LogP contribution in [-0.2, 0) is 15.8 Å². The monoisotopic (exact) mass is 320 g/mol. The Balaban J connectivity index is 0.00000361. The number of aryl methyl sites for hydroxylation is 1. The average molecular weight is 321 g/mol. The molecule has 0 fully saturated rings. The van der Waals surface area contributed by atoms with Crippen molar-refractivity contribution in [2.24, 2.45) is 5.73 Å². The summed E-state index contributed by atoms with van der Waals surface area (Å²) in [5, 5.41) is 0. The largest absolute Gasteiger partial charge is 0.329 e. The highest BCUT2D eigenvalue weighted by Gasteiger charge is 2.17. The maximum atomic E-state index is 12.1. The fourth-order valence-electron chi connectivity index (χ4n) is 1.99. The van der Waals surface area contributed by atoms with Crippen LogP contribution in [0.5, 0.6) is 0 Å². The summed E-state index contributed by atoms with van der Waals surface area (Å²) in [6.45, 7) is 4.37. The third kappa shape index (κ3) is 7.24. The fourth-order valence-corrected chi connectivity index (χ4v) is 3.42. The number of rotatable bonds is 8. The van der Waals surface area contributed by atoms with Gasteiger partial charge in [-0.25, -0.2) is 13.1 Å². The van der Waals surface area contributed by atoms with Crippen molar-refractivity contribution in [2.75, 3.05) is 6.54 Å². The van der Waals surface area contributed by atoms with Gasteiger partial charge < -0.3 is 5.73 Å². The first kappa shape index (κ1) is 19.4. The zero-order valence-corrected chi connectivity index (χ0v) is 13.8. The zero-order valence-electron chi connectivity index (χ0n) is 12.1. The predicted molar refractivity (Wildman–Crippen MR) is 86.6 cm³/mol. The second-order valence-electron chi connectivity index (χ2n) is 4.94. The van der Waals surface area contributed by atoms with Crippen molar-refractivity contribution in [3.05, 3.63) is 35.4 Å². The summed E-state index contributed by atoms with van der Waals surface area (Å²) in [6, 6.07) is 7.39. The second-order valence-corrected chi connectivity index (χ2v) is 6.69. The van der Waals surface area contributed by atoms with Crippen molar-refractivity contribution < 1.29 is 8.42 Å². The number of nitrogens with two attached hydrogens (primary N) is 1. The Kier molecular flexibility index (Phi) is 9.05. The maximum absolute atomic E-state index is 12.1. The first-order valence-electron chi connectivity index (χ1n) is 6.72. The van der Waals surface area contributed by atoms with Crippen LogP contribution in [0.25, 0.3) is 0 Å². The summed E-state index contributed by atoms with van der Waals surface area (Å²) in [5.41, 5.74) is 7.48. The summed E-state index contributed by atoms with van der Waals surface area (Å²) in [4.78, 5) is 0. The van der Waals surface area contributed by atoms with Gasteiger partial charge in [-0.05, 0) is 18.9 Å². The van der Waals surface area contributed by atoms with Crippen molar-refractivity contribution in [1.82, 2.24) is 4.72 Å². The Morgan fingerprint density at radius 3 is 2.60 bits per heavy atom. The lowest BCUT2D eigenvalue weighted by Gasteiger charge is -2.16. The molecular weight excluding hydrogens is 296 g/mol. The van der Waals surface area contributed by atoms with Crippen LogP contribution in [0.2, 0.25) is 0 Å². The van der Waals surface area contributed by atoms with Gasteiger partial charge in [0, 0.05) is 12.6 Å². The van der Waals surface area contributed by atoms with Gasteiger partial charge >= 0.3 is 0 Å². The van der Waals surface area contributed by atoms with Gasteiger partial charge in [0.1, 0.15) is 0 Å². The molecule has 4 nitrogen and oxygen atoms in total. The molecule has 0 saturated heterocycles. The number of unbranched alkanes of at least 4 members (excludes halogenated alkanes) is 1. The number of halogens is 1.